The Morgan fingerprint density at radius 3 is 1.67 bits per heavy atom. The zero-order chi connectivity index (χ0) is 27.9. The first-order valence-corrected chi connectivity index (χ1v) is 14.7. The molecule has 2 heterocycles. The molecule has 0 unspecified atom stereocenters. The van der Waals surface area contributed by atoms with Crippen LogP contribution < -0.4 is 9.47 Å². The Morgan fingerprint density at radius 2 is 1.05 bits per heavy atom. The van der Waals surface area contributed by atoms with Gasteiger partial charge in [0.15, 0.2) is 0 Å². The maximum Gasteiger partial charge on any atom is 0.213 e. The van der Waals surface area contributed by atoms with Crippen LogP contribution >= 0.6 is 0 Å². The molecule has 0 radical (unpaired) electrons. The predicted octanol–water partition coefficient (Wildman–Crippen LogP) is 9.38. The first-order chi connectivity index (χ1) is 20.7. The third-order valence-electron chi connectivity index (χ3n) is 9.57. The largest absolute Gasteiger partial charge is 0.344 e. The highest BCUT2D eigenvalue weighted by Gasteiger charge is 2.32. The Balaban J connectivity index is 1.46. The van der Waals surface area contributed by atoms with Gasteiger partial charge < -0.3 is 4.90 Å². The molecule has 0 N–H and O–H groups in total. The number of rotatable bonds is 2. The molecule has 198 valence electrons. The number of para-hydroxylation sites is 4. The van der Waals surface area contributed by atoms with Crippen LogP contribution in [0.4, 0.5) is 11.4 Å². The highest BCUT2D eigenvalue weighted by Crippen LogP contribution is 2.52. The van der Waals surface area contributed by atoms with E-state index >= 15 is 0 Å². The number of aromatic nitrogens is 1. The van der Waals surface area contributed by atoms with Crippen molar-refractivity contribution in [1.29, 1.82) is 0 Å². The van der Waals surface area contributed by atoms with Crippen LogP contribution in [0.5, 0.6) is 0 Å². The van der Waals surface area contributed by atoms with Gasteiger partial charge >= 0.3 is 0 Å². The van der Waals surface area contributed by atoms with Gasteiger partial charge in [0, 0.05) is 42.0 Å². The van der Waals surface area contributed by atoms with Gasteiger partial charge in [0.05, 0.1) is 10.8 Å². The third-order valence-corrected chi connectivity index (χ3v) is 9.57. The molecule has 1 aliphatic carbocycles. The average Bonchev–Trinajstić information content (AvgIpc) is 3.47. The molecule has 9 rings (SSSR count). The van der Waals surface area contributed by atoms with E-state index in [1.807, 2.05) is 0 Å². The minimum Gasteiger partial charge on any atom is -0.344 e. The van der Waals surface area contributed by atoms with Crippen LogP contribution in [0.3, 0.4) is 0 Å². The topological polar surface area (TPSA) is 7.12 Å². The van der Waals surface area contributed by atoms with Crippen LogP contribution in [-0.4, -0.2) is 7.05 Å². The first kappa shape index (κ1) is 23.5. The molecular formula is C40H29N2+. The quantitative estimate of drug-likeness (QED) is 0.157. The molecule has 0 amide bonds. The summed E-state index contributed by atoms with van der Waals surface area (Å²) in [5, 5.41) is 5.28. The van der Waals surface area contributed by atoms with Crippen molar-refractivity contribution >= 4 is 56.1 Å². The molecule has 0 bridgehead atoms. The van der Waals surface area contributed by atoms with E-state index in [9.17, 15) is 0 Å². The van der Waals surface area contributed by atoms with E-state index in [0.717, 1.165) is 0 Å². The van der Waals surface area contributed by atoms with E-state index in [4.69, 9.17) is 0 Å². The second-order valence-corrected chi connectivity index (χ2v) is 11.6. The maximum absolute atomic E-state index is 2.40. The number of fused-ring (bicyclic) bond motifs is 4. The minimum absolute atomic E-state index is 0.120. The molecule has 0 saturated carbocycles. The SMILES string of the molecule is CN1c2ccccc2C(c2ccc3c4c(ccc(-c5c6ccccc6[n+](C)c6ccccc56)c24)C=C3)c2ccccc21. The van der Waals surface area contributed by atoms with Crippen molar-refractivity contribution < 1.29 is 4.57 Å². The molecule has 2 nitrogen and oxygen atoms in total. The zero-order valence-corrected chi connectivity index (χ0v) is 23.7. The van der Waals surface area contributed by atoms with Crippen molar-refractivity contribution in [3.8, 4) is 11.1 Å². The van der Waals surface area contributed by atoms with E-state index in [-0.39, 0.29) is 5.92 Å². The average molecular weight is 538 g/mol. The Morgan fingerprint density at radius 1 is 0.524 bits per heavy atom. The predicted molar refractivity (Wildman–Crippen MR) is 176 cm³/mol. The van der Waals surface area contributed by atoms with Crippen molar-refractivity contribution in [3.63, 3.8) is 0 Å². The van der Waals surface area contributed by atoms with Crippen LogP contribution in [0.1, 0.15) is 33.7 Å². The molecule has 1 aliphatic heterocycles. The zero-order valence-electron chi connectivity index (χ0n) is 23.7. The molecule has 0 saturated heterocycles. The van der Waals surface area contributed by atoms with Crippen molar-refractivity contribution in [2.75, 3.05) is 11.9 Å². The fourth-order valence-corrected chi connectivity index (χ4v) is 7.71. The summed E-state index contributed by atoms with van der Waals surface area (Å²) in [6.07, 6.45) is 4.56. The van der Waals surface area contributed by atoms with Gasteiger partial charge in [-0.25, -0.2) is 0 Å². The monoisotopic (exact) mass is 537 g/mol. The smallest absolute Gasteiger partial charge is 0.213 e. The van der Waals surface area contributed by atoms with Gasteiger partial charge in [-0.15, -0.1) is 0 Å². The van der Waals surface area contributed by atoms with Crippen molar-refractivity contribution in [1.82, 2.24) is 0 Å². The van der Waals surface area contributed by atoms with Gasteiger partial charge in [-0.05, 0) is 68.4 Å². The highest BCUT2D eigenvalue weighted by molar-refractivity contribution is 6.18. The lowest BCUT2D eigenvalue weighted by atomic mass is 9.76. The lowest BCUT2D eigenvalue weighted by Crippen LogP contribution is -2.30. The molecular weight excluding hydrogens is 508 g/mol. The fraction of sp³-hybridized carbons (Fsp3) is 0.0750. The van der Waals surface area contributed by atoms with Crippen LogP contribution in [-0.2, 0) is 7.05 Å². The molecule has 0 spiro atoms. The summed E-state index contributed by atoms with van der Waals surface area (Å²) >= 11 is 0. The molecule has 2 heteroatoms. The van der Waals surface area contributed by atoms with Crippen LogP contribution in [0.15, 0.2) is 121 Å². The highest BCUT2D eigenvalue weighted by atomic mass is 15.1. The van der Waals surface area contributed by atoms with E-state index in [1.54, 1.807) is 0 Å². The van der Waals surface area contributed by atoms with Gasteiger partial charge in [0.2, 0.25) is 11.0 Å². The first-order valence-electron chi connectivity index (χ1n) is 14.7. The van der Waals surface area contributed by atoms with Gasteiger partial charge in [-0.1, -0.05) is 97.1 Å². The lowest BCUT2D eigenvalue weighted by molar-refractivity contribution is -0.617. The summed E-state index contributed by atoms with van der Waals surface area (Å²) in [5.41, 5.74) is 14.3. The van der Waals surface area contributed by atoms with Crippen molar-refractivity contribution in [2.45, 2.75) is 5.92 Å². The number of nitrogens with zero attached hydrogens (tertiary/aromatic N) is 2. The van der Waals surface area contributed by atoms with E-state index in [2.05, 4.69) is 157 Å². The molecule has 2 aliphatic rings. The van der Waals surface area contributed by atoms with Gasteiger partial charge in [0.1, 0.15) is 7.05 Å². The molecule has 1 aromatic heterocycles. The number of pyridine rings is 1. The Bertz CT molecular complexity index is 2170. The summed E-state index contributed by atoms with van der Waals surface area (Å²) in [4.78, 5) is 2.35. The van der Waals surface area contributed by atoms with Crippen LogP contribution in [0.25, 0.3) is 55.9 Å². The molecule has 42 heavy (non-hydrogen) atoms. The lowest BCUT2D eigenvalue weighted by Gasteiger charge is -2.36. The molecule has 7 aromatic rings. The fourth-order valence-electron chi connectivity index (χ4n) is 7.71. The van der Waals surface area contributed by atoms with Crippen LogP contribution in [0.2, 0.25) is 0 Å². The van der Waals surface area contributed by atoms with E-state index < -0.39 is 0 Å². The summed E-state index contributed by atoms with van der Waals surface area (Å²) in [6, 6.07) is 45.0. The van der Waals surface area contributed by atoms with E-state index in [1.165, 1.54) is 82.9 Å². The molecule has 0 atom stereocenters. The number of aryl methyl sites for hydroxylation is 1. The second-order valence-electron chi connectivity index (χ2n) is 11.6. The number of benzene rings is 6. The summed E-state index contributed by atoms with van der Waals surface area (Å²) in [6.45, 7) is 0. The van der Waals surface area contributed by atoms with Gasteiger partial charge in [0.25, 0.3) is 0 Å². The van der Waals surface area contributed by atoms with Crippen LogP contribution in [0, 0.1) is 0 Å². The van der Waals surface area contributed by atoms with E-state index in [0.29, 0.717) is 0 Å². The Hall–Kier alpha value is -5.21. The minimum atomic E-state index is 0.120. The molecule has 6 aromatic carbocycles. The molecule has 0 fully saturated rings. The Kier molecular flexibility index (Phi) is 4.83. The third kappa shape index (κ3) is 3.07. The number of hydrogen-bond acceptors (Lipinski definition) is 1. The number of anilines is 2. The summed E-state index contributed by atoms with van der Waals surface area (Å²) in [7, 11) is 4.38. The second kappa shape index (κ2) is 8.64. The van der Waals surface area contributed by atoms with Gasteiger partial charge in [-0.2, -0.15) is 4.57 Å². The normalized spacial score (nSPS) is 13.7. The maximum atomic E-state index is 2.40. The Labute approximate surface area is 245 Å². The van der Waals surface area contributed by atoms with Crippen molar-refractivity contribution in [3.05, 3.63) is 149 Å². The van der Waals surface area contributed by atoms with Gasteiger partial charge in [-0.3, -0.25) is 0 Å². The summed E-state index contributed by atoms with van der Waals surface area (Å²) < 4.78 is 2.33. The standard InChI is InChI=1S/C40H29N2/c1-41-33-15-7-3-11-27(33)38(28-12-4-8-16-34(28)41)31-23-21-25-19-20-26-22-24-32(40(31)37(25)26)39-29-13-5-9-17-35(29)42(2)36-18-10-6-14-30(36)39/h3-24,38H,1-2H3/q+1. The van der Waals surface area contributed by atoms with Crippen molar-refractivity contribution in [2.24, 2.45) is 7.05 Å². The number of hydrogen-bond donors (Lipinski definition) is 0. The summed E-state index contributed by atoms with van der Waals surface area (Å²) in [5.74, 6) is 0.120.